The molecule has 1 saturated heterocycles. The van der Waals surface area contributed by atoms with E-state index in [1.165, 1.54) is 0 Å². The van der Waals surface area contributed by atoms with Crippen LogP contribution in [0.3, 0.4) is 0 Å². The largest absolute Gasteiger partial charge is 0.410 e. The summed E-state index contributed by atoms with van der Waals surface area (Å²) in [6.07, 6.45) is -2.05. The first kappa shape index (κ1) is 21.0. The molecule has 0 spiro atoms. The Hall–Kier alpha value is -2.22. The van der Waals surface area contributed by atoms with E-state index in [1.807, 2.05) is 19.9 Å². The Bertz CT molecular complexity index is 920. The summed E-state index contributed by atoms with van der Waals surface area (Å²) < 4.78 is 42.6. The Morgan fingerprint density at radius 2 is 1.80 bits per heavy atom. The Kier molecular flexibility index (Phi) is 5.46. The van der Waals surface area contributed by atoms with Crippen molar-refractivity contribution in [3.8, 4) is 0 Å². The first-order valence-electron chi connectivity index (χ1n) is 10.2. The molecule has 9 heteroatoms. The van der Waals surface area contributed by atoms with Gasteiger partial charge in [-0.3, -0.25) is 4.79 Å². The molecule has 2 aliphatic heterocycles. The van der Waals surface area contributed by atoms with Gasteiger partial charge in [0.1, 0.15) is 10.8 Å². The second kappa shape index (κ2) is 7.80. The molecular weight excluding hydrogens is 417 g/mol. The third kappa shape index (κ3) is 3.66. The van der Waals surface area contributed by atoms with Gasteiger partial charge in [0, 0.05) is 18.5 Å². The number of nitrogens with zero attached hydrogens (tertiary/aromatic N) is 3. The molecule has 0 aliphatic carbocycles. The number of rotatable bonds is 2. The van der Waals surface area contributed by atoms with Crippen LogP contribution in [0.25, 0.3) is 0 Å². The highest BCUT2D eigenvalue weighted by molar-refractivity contribution is 6.36. The van der Waals surface area contributed by atoms with Crippen molar-refractivity contribution in [2.75, 3.05) is 5.32 Å². The fraction of sp³-hybridized carbons (Fsp3) is 0.524. The summed E-state index contributed by atoms with van der Waals surface area (Å²) in [4.78, 5) is 14.9. The predicted octanol–water partition coefficient (Wildman–Crippen LogP) is 5.60. The van der Waals surface area contributed by atoms with E-state index in [0.29, 0.717) is 0 Å². The lowest BCUT2D eigenvalue weighted by molar-refractivity contribution is -0.173. The Morgan fingerprint density at radius 3 is 2.40 bits per heavy atom. The van der Waals surface area contributed by atoms with Gasteiger partial charge in [0.15, 0.2) is 11.7 Å². The lowest BCUT2D eigenvalue weighted by atomic mass is 9.97. The van der Waals surface area contributed by atoms with E-state index in [4.69, 9.17) is 11.6 Å². The molecule has 30 heavy (non-hydrogen) atoms. The van der Waals surface area contributed by atoms with Gasteiger partial charge < -0.3 is 10.2 Å². The molecule has 0 bridgehead atoms. The van der Waals surface area contributed by atoms with Gasteiger partial charge in [-0.25, -0.2) is 4.68 Å². The maximum atomic E-state index is 13.9. The minimum Gasteiger partial charge on any atom is -0.362 e. The molecule has 2 aliphatic rings. The van der Waals surface area contributed by atoms with Gasteiger partial charge in [0.2, 0.25) is 0 Å². The second-order valence-electron chi connectivity index (χ2n) is 8.20. The molecule has 4 atom stereocenters. The number of fused-ring (bicyclic) bond motifs is 1. The maximum absolute atomic E-state index is 13.9. The van der Waals surface area contributed by atoms with Gasteiger partial charge in [-0.1, -0.05) is 41.9 Å². The number of hydrogen-bond donors (Lipinski definition) is 1. The fourth-order valence-electron chi connectivity index (χ4n) is 4.57. The standard InChI is InChI=1S/C21H24ClF3N4O/c1-12-7-6-8-13(2)28(12)20(30)18-17(22)19-26-15(14-9-4-3-5-10-14)11-16(21(23,24)25)29(19)27-18/h3-5,9-10,12-13,15-16,26H,6-8,11H2,1-2H3/t12-,13-,15-,16+/m1/s1. The number of likely N-dealkylation sites (tertiary alicyclic amines) is 1. The van der Waals surface area contributed by atoms with E-state index < -0.39 is 24.2 Å². The molecule has 1 N–H and O–H groups in total. The highest BCUT2D eigenvalue weighted by Gasteiger charge is 2.48. The summed E-state index contributed by atoms with van der Waals surface area (Å²) in [6.45, 7) is 3.89. The summed E-state index contributed by atoms with van der Waals surface area (Å²) in [7, 11) is 0. The smallest absolute Gasteiger partial charge is 0.362 e. The van der Waals surface area contributed by atoms with Crippen molar-refractivity contribution in [1.29, 1.82) is 0 Å². The van der Waals surface area contributed by atoms with Gasteiger partial charge in [0.05, 0.1) is 6.04 Å². The molecule has 1 aromatic carbocycles. The Balaban J connectivity index is 1.74. The number of amides is 1. The number of carbonyl (C=O) groups excluding carboxylic acids is 1. The number of carbonyl (C=O) groups is 1. The third-order valence-corrected chi connectivity index (χ3v) is 6.49. The predicted molar refractivity (Wildman–Crippen MR) is 109 cm³/mol. The summed E-state index contributed by atoms with van der Waals surface area (Å²) in [5.74, 6) is -0.375. The van der Waals surface area contributed by atoms with Crippen LogP contribution < -0.4 is 5.32 Å². The molecule has 4 rings (SSSR count). The van der Waals surface area contributed by atoms with Crippen LogP contribution in [0.2, 0.25) is 5.02 Å². The van der Waals surface area contributed by atoms with E-state index in [2.05, 4.69) is 10.4 Å². The van der Waals surface area contributed by atoms with E-state index in [0.717, 1.165) is 29.5 Å². The van der Waals surface area contributed by atoms with Gasteiger partial charge >= 0.3 is 6.18 Å². The quantitative estimate of drug-likeness (QED) is 0.661. The van der Waals surface area contributed by atoms with E-state index in [1.54, 1.807) is 29.2 Å². The van der Waals surface area contributed by atoms with Crippen molar-refractivity contribution >= 4 is 23.3 Å². The first-order chi connectivity index (χ1) is 14.2. The minimum atomic E-state index is -4.52. The molecule has 5 nitrogen and oxygen atoms in total. The van der Waals surface area contributed by atoms with E-state index in [-0.39, 0.29) is 35.0 Å². The van der Waals surface area contributed by atoms with Crippen molar-refractivity contribution in [2.45, 2.75) is 69.9 Å². The van der Waals surface area contributed by atoms with Crippen molar-refractivity contribution < 1.29 is 18.0 Å². The first-order valence-corrected chi connectivity index (χ1v) is 10.5. The zero-order valence-electron chi connectivity index (χ0n) is 16.8. The van der Waals surface area contributed by atoms with E-state index in [9.17, 15) is 18.0 Å². The van der Waals surface area contributed by atoms with Crippen LogP contribution in [-0.4, -0.2) is 38.8 Å². The van der Waals surface area contributed by atoms with Gasteiger partial charge in [0.25, 0.3) is 5.91 Å². The summed E-state index contributed by atoms with van der Waals surface area (Å²) in [5, 5.41) is 7.11. The SMILES string of the molecule is C[C@@H]1CCC[C@@H](C)N1C(=O)c1nn2c(c1Cl)N[C@@H](c1ccccc1)C[C@H]2C(F)(F)F. The Morgan fingerprint density at radius 1 is 1.17 bits per heavy atom. The van der Waals surface area contributed by atoms with Gasteiger partial charge in [-0.05, 0) is 38.7 Å². The third-order valence-electron chi connectivity index (χ3n) is 6.13. The molecule has 3 heterocycles. The molecule has 1 aromatic heterocycles. The molecule has 0 unspecified atom stereocenters. The maximum Gasteiger partial charge on any atom is 0.410 e. The summed E-state index contributed by atoms with van der Waals surface area (Å²) >= 11 is 6.46. The zero-order valence-corrected chi connectivity index (χ0v) is 17.5. The highest BCUT2D eigenvalue weighted by atomic mass is 35.5. The number of piperidine rings is 1. The topological polar surface area (TPSA) is 50.2 Å². The van der Waals surface area contributed by atoms with E-state index >= 15 is 0 Å². The van der Waals surface area contributed by atoms with Crippen molar-refractivity contribution in [3.05, 3.63) is 46.6 Å². The lowest BCUT2D eigenvalue weighted by Gasteiger charge is -2.38. The van der Waals surface area contributed by atoms with Crippen LogP contribution in [0.5, 0.6) is 0 Å². The number of aromatic nitrogens is 2. The molecule has 2 aromatic rings. The number of anilines is 1. The average Bonchev–Trinajstić information content (AvgIpc) is 3.03. The minimum absolute atomic E-state index is 0.0144. The lowest BCUT2D eigenvalue weighted by Crippen LogP contribution is -2.47. The fourth-order valence-corrected chi connectivity index (χ4v) is 4.83. The van der Waals surface area contributed by atoms with Gasteiger partial charge in [-0.2, -0.15) is 18.3 Å². The molecular formula is C21H24ClF3N4O. The van der Waals surface area contributed by atoms with Crippen LogP contribution in [0, 0.1) is 0 Å². The normalized spacial score (nSPS) is 26.8. The monoisotopic (exact) mass is 440 g/mol. The summed E-state index contributed by atoms with van der Waals surface area (Å²) in [5.41, 5.74) is 0.601. The van der Waals surface area contributed by atoms with Crippen molar-refractivity contribution in [2.24, 2.45) is 0 Å². The number of benzene rings is 1. The molecule has 1 amide bonds. The number of nitrogens with one attached hydrogen (secondary N) is 1. The second-order valence-corrected chi connectivity index (χ2v) is 8.58. The van der Waals surface area contributed by atoms with Crippen molar-refractivity contribution in [1.82, 2.24) is 14.7 Å². The van der Waals surface area contributed by atoms with Crippen LogP contribution in [0.4, 0.5) is 19.0 Å². The van der Waals surface area contributed by atoms with Crippen LogP contribution >= 0.6 is 11.6 Å². The summed E-state index contributed by atoms with van der Waals surface area (Å²) in [6, 6.07) is 6.43. The average molecular weight is 441 g/mol. The number of hydrogen-bond acceptors (Lipinski definition) is 3. The number of halogens is 4. The van der Waals surface area contributed by atoms with Crippen LogP contribution in [0.15, 0.2) is 30.3 Å². The van der Waals surface area contributed by atoms with Crippen LogP contribution in [0.1, 0.15) is 67.7 Å². The van der Waals surface area contributed by atoms with Gasteiger partial charge in [-0.15, -0.1) is 0 Å². The molecule has 0 saturated carbocycles. The molecule has 0 radical (unpaired) electrons. The number of alkyl halides is 3. The van der Waals surface area contributed by atoms with Crippen molar-refractivity contribution in [3.63, 3.8) is 0 Å². The highest BCUT2D eigenvalue weighted by Crippen LogP contribution is 2.46. The zero-order chi connectivity index (χ0) is 21.6. The molecule has 1 fully saturated rings. The Labute approximate surface area is 178 Å². The molecule has 162 valence electrons. The van der Waals surface area contributed by atoms with Crippen LogP contribution in [-0.2, 0) is 0 Å².